The number of piperazine rings is 1. The molecule has 31 heavy (non-hydrogen) atoms. The van der Waals surface area contributed by atoms with Gasteiger partial charge in [-0.15, -0.1) is 0 Å². The third-order valence-electron chi connectivity index (χ3n) is 6.59. The van der Waals surface area contributed by atoms with Gasteiger partial charge >= 0.3 is 0 Å². The van der Waals surface area contributed by atoms with Crippen LogP contribution in [0.25, 0.3) is 0 Å². The Morgan fingerprint density at radius 3 is 2.74 bits per heavy atom. The van der Waals surface area contributed by atoms with Gasteiger partial charge in [0.15, 0.2) is 0 Å². The van der Waals surface area contributed by atoms with Crippen LogP contribution in [0.3, 0.4) is 0 Å². The summed E-state index contributed by atoms with van der Waals surface area (Å²) >= 11 is 0. The van der Waals surface area contributed by atoms with Crippen LogP contribution in [0.5, 0.6) is 5.75 Å². The number of hydrogen-bond acceptors (Lipinski definition) is 4. The lowest BCUT2D eigenvalue weighted by molar-refractivity contribution is -0.150. The summed E-state index contributed by atoms with van der Waals surface area (Å²) in [6.07, 6.45) is 1.06. The van der Waals surface area contributed by atoms with Gasteiger partial charge in [0.05, 0.1) is 19.1 Å². The van der Waals surface area contributed by atoms with E-state index in [2.05, 4.69) is 11.4 Å². The second kappa shape index (κ2) is 7.96. The van der Waals surface area contributed by atoms with Crippen molar-refractivity contribution in [3.05, 3.63) is 65.5 Å². The highest BCUT2D eigenvalue weighted by Gasteiger charge is 2.48. The first-order chi connectivity index (χ1) is 15.0. The fraction of sp³-hybridized carbons (Fsp3) is 0.417. The summed E-state index contributed by atoms with van der Waals surface area (Å²) in [5, 5.41) is 2.87. The van der Waals surface area contributed by atoms with Gasteiger partial charge in [0.1, 0.15) is 11.6 Å². The fourth-order valence-corrected chi connectivity index (χ4v) is 4.91. The Morgan fingerprint density at radius 2 is 1.94 bits per heavy atom. The van der Waals surface area contributed by atoms with E-state index in [-0.39, 0.29) is 29.5 Å². The van der Waals surface area contributed by atoms with E-state index in [1.165, 1.54) is 17.7 Å². The minimum atomic E-state index is -0.508. The van der Waals surface area contributed by atoms with Crippen molar-refractivity contribution in [2.45, 2.75) is 25.4 Å². The number of likely N-dealkylation sites (tertiary alicyclic amines) is 1. The minimum Gasteiger partial charge on any atom is -0.493 e. The maximum absolute atomic E-state index is 13.2. The van der Waals surface area contributed by atoms with Gasteiger partial charge in [-0.2, -0.15) is 0 Å². The molecule has 2 aromatic rings. The number of amides is 2. The molecule has 2 fully saturated rings. The van der Waals surface area contributed by atoms with Crippen molar-refractivity contribution in [1.29, 1.82) is 0 Å². The number of nitrogens with zero attached hydrogens (tertiary/aromatic N) is 2. The zero-order chi connectivity index (χ0) is 21.4. The molecule has 0 aliphatic carbocycles. The van der Waals surface area contributed by atoms with Gasteiger partial charge in [0, 0.05) is 38.1 Å². The summed E-state index contributed by atoms with van der Waals surface area (Å²) in [6.45, 7) is 3.66. The van der Waals surface area contributed by atoms with E-state index in [0.717, 1.165) is 17.7 Å². The lowest BCUT2D eigenvalue weighted by Crippen LogP contribution is -2.64. The van der Waals surface area contributed by atoms with Crippen LogP contribution in [0.4, 0.5) is 4.39 Å². The molecule has 0 radical (unpaired) electrons. The van der Waals surface area contributed by atoms with Crippen molar-refractivity contribution in [2.24, 2.45) is 5.41 Å². The molecule has 5 rings (SSSR count). The molecule has 0 bridgehead atoms. The van der Waals surface area contributed by atoms with Crippen molar-refractivity contribution in [2.75, 3.05) is 32.8 Å². The Hall–Kier alpha value is -2.93. The molecule has 1 unspecified atom stereocenters. The van der Waals surface area contributed by atoms with Gasteiger partial charge in [-0.1, -0.05) is 30.3 Å². The molecule has 3 heterocycles. The fourth-order valence-electron chi connectivity index (χ4n) is 4.91. The van der Waals surface area contributed by atoms with Crippen LogP contribution in [0.1, 0.15) is 17.5 Å². The van der Waals surface area contributed by atoms with E-state index in [1.807, 2.05) is 28.0 Å². The SMILES string of the molecule is O=C1NCCN(Cc2ccc(F)cc2)C1CC(=O)N1CC2(COc3ccccc3C2)C1. The standard InChI is InChI=1S/C24H26FN3O3/c25-19-7-5-17(6-8-19)13-27-10-9-26-23(30)20(27)11-22(29)28-14-24(15-28)12-18-3-1-2-4-21(18)31-16-24/h1-8,20H,9-16H2,(H,26,30). The number of ether oxygens (including phenoxy) is 1. The lowest BCUT2D eigenvalue weighted by atomic mass is 9.73. The van der Waals surface area contributed by atoms with E-state index < -0.39 is 6.04 Å². The van der Waals surface area contributed by atoms with Crippen LogP contribution in [0.2, 0.25) is 0 Å². The molecule has 6 nitrogen and oxygen atoms in total. The summed E-state index contributed by atoms with van der Waals surface area (Å²) in [7, 11) is 0. The number of hydrogen-bond donors (Lipinski definition) is 1. The van der Waals surface area contributed by atoms with Gasteiger partial charge in [-0.05, 0) is 35.7 Å². The van der Waals surface area contributed by atoms with Gasteiger partial charge < -0.3 is 15.0 Å². The number of nitrogens with one attached hydrogen (secondary N) is 1. The molecular formula is C24H26FN3O3. The lowest BCUT2D eigenvalue weighted by Gasteiger charge is -2.52. The highest BCUT2D eigenvalue weighted by atomic mass is 19.1. The second-order valence-electron chi connectivity index (χ2n) is 8.93. The van der Waals surface area contributed by atoms with E-state index in [0.29, 0.717) is 39.3 Å². The number of benzene rings is 2. The van der Waals surface area contributed by atoms with Crippen molar-refractivity contribution in [3.8, 4) is 5.75 Å². The van der Waals surface area contributed by atoms with Crippen LogP contribution in [0.15, 0.2) is 48.5 Å². The van der Waals surface area contributed by atoms with E-state index in [4.69, 9.17) is 4.74 Å². The van der Waals surface area contributed by atoms with Crippen LogP contribution >= 0.6 is 0 Å². The first-order valence-electron chi connectivity index (χ1n) is 10.8. The third-order valence-corrected chi connectivity index (χ3v) is 6.59. The maximum Gasteiger partial charge on any atom is 0.237 e. The Bertz CT molecular complexity index is 988. The van der Waals surface area contributed by atoms with Crippen LogP contribution in [0, 0.1) is 11.2 Å². The van der Waals surface area contributed by atoms with Crippen LogP contribution < -0.4 is 10.1 Å². The molecule has 1 spiro atoms. The molecule has 2 amide bonds. The summed E-state index contributed by atoms with van der Waals surface area (Å²) in [4.78, 5) is 29.4. The normalized spacial score (nSPS) is 22.3. The van der Waals surface area contributed by atoms with E-state index in [9.17, 15) is 14.0 Å². The smallest absolute Gasteiger partial charge is 0.237 e. The van der Waals surface area contributed by atoms with Crippen molar-refractivity contribution in [3.63, 3.8) is 0 Å². The number of halogens is 1. The molecule has 7 heteroatoms. The second-order valence-corrected chi connectivity index (χ2v) is 8.93. The Morgan fingerprint density at radius 1 is 1.16 bits per heavy atom. The topological polar surface area (TPSA) is 61.9 Å². The number of carbonyl (C=O) groups is 2. The molecule has 0 saturated carbocycles. The van der Waals surface area contributed by atoms with Gasteiger partial charge in [0.25, 0.3) is 0 Å². The molecule has 2 aromatic carbocycles. The number of carbonyl (C=O) groups excluding carboxylic acids is 2. The quantitative estimate of drug-likeness (QED) is 0.817. The monoisotopic (exact) mass is 423 g/mol. The third kappa shape index (κ3) is 4.02. The Kier molecular flexibility index (Phi) is 5.14. The number of rotatable bonds is 4. The van der Waals surface area contributed by atoms with E-state index in [1.54, 1.807) is 12.1 Å². The minimum absolute atomic E-state index is 0.00404. The summed E-state index contributed by atoms with van der Waals surface area (Å²) in [6, 6.07) is 13.8. The summed E-state index contributed by atoms with van der Waals surface area (Å²) in [5.41, 5.74) is 2.10. The molecule has 3 aliphatic rings. The van der Waals surface area contributed by atoms with Gasteiger partial charge in [-0.3, -0.25) is 14.5 Å². The first kappa shape index (κ1) is 20.0. The average molecular weight is 423 g/mol. The average Bonchev–Trinajstić information content (AvgIpc) is 2.75. The van der Waals surface area contributed by atoms with Gasteiger partial charge in [0.2, 0.25) is 11.8 Å². The molecule has 162 valence electrons. The number of fused-ring (bicyclic) bond motifs is 1. The van der Waals surface area contributed by atoms with E-state index >= 15 is 0 Å². The maximum atomic E-state index is 13.2. The van der Waals surface area contributed by atoms with Crippen LogP contribution in [-0.2, 0) is 22.6 Å². The zero-order valence-corrected chi connectivity index (χ0v) is 17.4. The molecule has 1 N–H and O–H groups in total. The largest absolute Gasteiger partial charge is 0.493 e. The molecule has 3 aliphatic heterocycles. The molecule has 2 saturated heterocycles. The summed E-state index contributed by atoms with van der Waals surface area (Å²) in [5.74, 6) is 0.531. The summed E-state index contributed by atoms with van der Waals surface area (Å²) < 4.78 is 19.1. The predicted octanol–water partition coefficient (Wildman–Crippen LogP) is 1.98. The van der Waals surface area contributed by atoms with Gasteiger partial charge in [-0.25, -0.2) is 4.39 Å². The zero-order valence-electron chi connectivity index (χ0n) is 17.4. The number of para-hydroxylation sites is 1. The first-order valence-corrected chi connectivity index (χ1v) is 10.8. The predicted molar refractivity (Wildman–Crippen MR) is 113 cm³/mol. The Balaban J connectivity index is 1.21. The molecule has 0 aromatic heterocycles. The van der Waals surface area contributed by atoms with Crippen molar-refractivity contribution < 1.29 is 18.7 Å². The molecular weight excluding hydrogens is 397 g/mol. The Labute approximate surface area is 181 Å². The van der Waals surface area contributed by atoms with Crippen molar-refractivity contribution >= 4 is 11.8 Å². The van der Waals surface area contributed by atoms with Crippen LogP contribution in [-0.4, -0.2) is 60.4 Å². The van der Waals surface area contributed by atoms with Crippen molar-refractivity contribution in [1.82, 2.24) is 15.1 Å². The molecule has 1 atom stereocenters. The highest BCUT2D eigenvalue weighted by Crippen LogP contribution is 2.41. The highest BCUT2D eigenvalue weighted by molar-refractivity contribution is 5.89.